The van der Waals surface area contributed by atoms with Crippen molar-refractivity contribution in [3.05, 3.63) is 72.3 Å². The molecule has 20 heavy (non-hydrogen) atoms. The predicted octanol–water partition coefficient (Wildman–Crippen LogP) is 4.38. The van der Waals surface area contributed by atoms with Gasteiger partial charge in [-0.15, -0.1) is 12.6 Å². The van der Waals surface area contributed by atoms with E-state index in [0.29, 0.717) is 5.56 Å². The Morgan fingerprint density at radius 3 is 2.45 bits per heavy atom. The minimum atomic E-state index is -0.129. The number of thiol groups is 1. The fourth-order valence-corrected chi connectivity index (χ4v) is 2.34. The summed E-state index contributed by atoms with van der Waals surface area (Å²) in [5.41, 5.74) is 1.39. The van der Waals surface area contributed by atoms with Crippen molar-refractivity contribution in [2.45, 2.75) is 4.90 Å². The van der Waals surface area contributed by atoms with E-state index < -0.39 is 0 Å². The average Bonchev–Trinajstić information content (AvgIpc) is 2.47. The van der Waals surface area contributed by atoms with Crippen molar-refractivity contribution in [2.24, 2.45) is 0 Å². The van der Waals surface area contributed by atoms with E-state index in [4.69, 9.17) is 0 Å². The van der Waals surface area contributed by atoms with Gasteiger partial charge >= 0.3 is 0 Å². The Labute approximate surface area is 122 Å². The number of fused-ring (bicyclic) bond motifs is 1. The maximum absolute atomic E-state index is 12.2. The fourth-order valence-electron chi connectivity index (χ4n) is 2.12. The molecule has 0 atom stereocenters. The summed E-state index contributed by atoms with van der Waals surface area (Å²) in [4.78, 5) is 12.9. The van der Waals surface area contributed by atoms with Gasteiger partial charge < -0.3 is 5.32 Å². The zero-order valence-electron chi connectivity index (χ0n) is 10.7. The molecule has 3 aromatic rings. The maximum atomic E-state index is 12.2. The monoisotopic (exact) mass is 279 g/mol. The molecule has 2 nitrogen and oxygen atoms in total. The highest BCUT2D eigenvalue weighted by atomic mass is 32.1. The minimum Gasteiger partial charge on any atom is -0.322 e. The molecule has 0 aliphatic carbocycles. The summed E-state index contributed by atoms with van der Waals surface area (Å²) in [6.45, 7) is 0. The highest BCUT2D eigenvalue weighted by Gasteiger charge is 2.06. The third-order valence-corrected chi connectivity index (χ3v) is 3.39. The lowest BCUT2D eigenvalue weighted by molar-refractivity contribution is 0.102. The Balaban J connectivity index is 1.87. The molecular formula is C17H13NOS. The van der Waals surface area contributed by atoms with Crippen molar-refractivity contribution >= 4 is 35.0 Å². The van der Waals surface area contributed by atoms with E-state index in [2.05, 4.69) is 17.9 Å². The first-order chi connectivity index (χ1) is 9.72. The Kier molecular flexibility index (Phi) is 3.44. The second-order valence-electron chi connectivity index (χ2n) is 4.57. The summed E-state index contributed by atoms with van der Waals surface area (Å²) >= 11 is 4.24. The van der Waals surface area contributed by atoms with Crippen molar-refractivity contribution in [1.82, 2.24) is 0 Å². The van der Waals surface area contributed by atoms with Crippen LogP contribution in [0.3, 0.4) is 0 Å². The van der Waals surface area contributed by atoms with Crippen LogP contribution < -0.4 is 5.32 Å². The molecule has 98 valence electrons. The molecule has 0 radical (unpaired) electrons. The number of benzene rings is 3. The highest BCUT2D eigenvalue weighted by Crippen LogP contribution is 2.19. The zero-order chi connectivity index (χ0) is 13.9. The summed E-state index contributed by atoms with van der Waals surface area (Å²) < 4.78 is 0. The van der Waals surface area contributed by atoms with E-state index >= 15 is 0 Å². The van der Waals surface area contributed by atoms with Crippen LogP contribution in [0, 0.1) is 0 Å². The Morgan fingerprint density at radius 1 is 0.850 bits per heavy atom. The van der Waals surface area contributed by atoms with Gasteiger partial charge in [0, 0.05) is 16.1 Å². The van der Waals surface area contributed by atoms with Gasteiger partial charge in [0.05, 0.1) is 0 Å². The Morgan fingerprint density at radius 2 is 1.65 bits per heavy atom. The molecule has 1 N–H and O–H groups in total. The van der Waals surface area contributed by atoms with E-state index in [1.165, 1.54) is 0 Å². The normalized spacial score (nSPS) is 10.4. The standard InChI is InChI=1S/C17H13NOS/c19-17(14-6-3-7-16(20)11-14)18-15-9-8-12-4-1-2-5-13(12)10-15/h1-11,20H,(H,18,19). The number of rotatable bonds is 2. The molecule has 3 aromatic carbocycles. The van der Waals surface area contributed by atoms with E-state index in [1.54, 1.807) is 12.1 Å². The van der Waals surface area contributed by atoms with Crippen LogP contribution in [-0.2, 0) is 0 Å². The van der Waals surface area contributed by atoms with Gasteiger partial charge in [-0.05, 0) is 41.1 Å². The van der Waals surface area contributed by atoms with Gasteiger partial charge in [-0.3, -0.25) is 4.79 Å². The van der Waals surface area contributed by atoms with Crippen molar-refractivity contribution in [1.29, 1.82) is 0 Å². The van der Waals surface area contributed by atoms with Crippen LogP contribution in [0.5, 0.6) is 0 Å². The summed E-state index contributed by atoms with van der Waals surface area (Å²) in [6, 6.07) is 21.1. The first kappa shape index (κ1) is 12.8. The van der Waals surface area contributed by atoms with Gasteiger partial charge in [0.2, 0.25) is 0 Å². The molecule has 0 fully saturated rings. The van der Waals surface area contributed by atoms with Crippen LogP contribution in [0.2, 0.25) is 0 Å². The largest absolute Gasteiger partial charge is 0.322 e. The van der Waals surface area contributed by atoms with Crippen LogP contribution in [0.1, 0.15) is 10.4 Å². The molecule has 1 amide bonds. The predicted molar refractivity (Wildman–Crippen MR) is 85.6 cm³/mol. The van der Waals surface area contributed by atoms with Crippen molar-refractivity contribution in [2.75, 3.05) is 5.32 Å². The minimum absolute atomic E-state index is 0.129. The first-order valence-corrected chi connectivity index (χ1v) is 6.76. The number of amides is 1. The van der Waals surface area contributed by atoms with Gasteiger partial charge in [-0.25, -0.2) is 0 Å². The van der Waals surface area contributed by atoms with Gasteiger partial charge in [0.25, 0.3) is 5.91 Å². The second-order valence-corrected chi connectivity index (χ2v) is 5.08. The molecule has 0 aliphatic rings. The molecule has 3 rings (SSSR count). The van der Waals surface area contributed by atoms with Crippen molar-refractivity contribution in [3.8, 4) is 0 Å². The lowest BCUT2D eigenvalue weighted by atomic mass is 10.1. The number of carbonyl (C=O) groups is 1. The molecule has 0 aromatic heterocycles. The number of carbonyl (C=O) groups excluding carboxylic acids is 1. The molecule has 0 unspecified atom stereocenters. The zero-order valence-corrected chi connectivity index (χ0v) is 11.6. The smallest absolute Gasteiger partial charge is 0.255 e. The summed E-state index contributed by atoms with van der Waals surface area (Å²) in [5, 5.41) is 5.16. The van der Waals surface area contributed by atoms with Crippen molar-refractivity contribution in [3.63, 3.8) is 0 Å². The molecule has 0 bridgehead atoms. The van der Waals surface area contributed by atoms with Gasteiger partial charge in [-0.2, -0.15) is 0 Å². The fraction of sp³-hybridized carbons (Fsp3) is 0. The lowest BCUT2D eigenvalue weighted by Crippen LogP contribution is -2.11. The molecule has 0 spiro atoms. The van der Waals surface area contributed by atoms with E-state index in [9.17, 15) is 4.79 Å². The third kappa shape index (κ3) is 2.68. The summed E-state index contributed by atoms with van der Waals surface area (Å²) in [6.07, 6.45) is 0. The molecule has 0 aliphatic heterocycles. The number of hydrogen-bond acceptors (Lipinski definition) is 2. The molecule has 0 saturated carbocycles. The molecule has 0 saturated heterocycles. The SMILES string of the molecule is O=C(Nc1ccc2ccccc2c1)c1cccc(S)c1. The molecule has 3 heteroatoms. The van der Waals surface area contributed by atoms with Crippen LogP contribution >= 0.6 is 12.6 Å². The van der Waals surface area contributed by atoms with Crippen LogP contribution in [0.25, 0.3) is 10.8 Å². The molecular weight excluding hydrogens is 266 g/mol. The quantitative estimate of drug-likeness (QED) is 0.670. The highest BCUT2D eigenvalue weighted by molar-refractivity contribution is 7.80. The summed E-state index contributed by atoms with van der Waals surface area (Å²) in [5.74, 6) is -0.129. The van der Waals surface area contributed by atoms with Gasteiger partial charge in [-0.1, -0.05) is 36.4 Å². The van der Waals surface area contributed by atoms with E-state index in [0.717, 1.165) is 21.4 Å². The Bertz CT molecular complexity index is 783. The maximum Gasteiger partial charge on any atom is 0.255 e. The van der Waals surface area contributed by atoms with Crippen LogP contribution in [-0.4, -0.2) is 5.91 Å². The average molecular weight is 279 g/mol. The summed E-state index contributed by atoms with van der Waals surface area (Å²) in [7, 11) is 0. The Hall–Kier alpha value is -2.26. The second kappa shape index (κ2) is 5.39. The van der Waals surface area contributed by atoms with Crippen LogP contribution in [0.4, 0.5) is 5.69 Å². The molecule has 0 heterocycles. The van der Waals surface area contributed by atoms with E-state index in [-0.39, 0.29) is 5.91 Å². The van der Waals surface area contributed by atoms with Crippen molar-refractivity contribution < 1.29 is 4.79 Å². The number of nitrogens with one attached hydrogen (secondary N) is 1. The number of anilines is 1. The van der Waals surface area contributed by atoms with Gasteiger partial charge in [0.15, 0.2) is 0 Å². The first-order valence-electron chi connectivity index (χ1n) is 6.31. The van der Waals surface area contributed by atoms with Crippen LogP contribution in [0.15, 0.2) is 71.6 Å². The topological polar surface area (TPSA) is 29.1 Å². The van der Waals surface area contributed by atoms with Gasteiger partial charge in [0.1, 0.15) is 0 Å². The van der Waals surface area contributed by atoms with E-state index in [1.807, 2.05) is 54.6 Å². The lowest BCUT2D eigenvalue weighted by Gasteiger charge is -2.07. The third-order valence-electron chi connectivity index (χ3n) is 3.12. The number of hydrogen-bond donors (Lipinski definition) is 2.